The number of nitrogens with one attached hydrogen (secondary N) is 1. The van der Waals surface area contributed by atoms with Gasteiger partial charge in [0.05, 0.1) is 0 Å². The highest BCUT2D eigenvalue weighted by atomic mass is 35.5. The fourth-order valence-corrected chi connectivity index (χ4v) is 2.50. The van der Waals surface area contributed by atoms with Gasteiger partial charge in [0, 0.05) is 16.6 Å². The minimum absolute atomic E-state index is 0.133. The van der Waals surface area contributed by atoms with Gasteiger partial charge in [0.15, 0.2) is 0 Å². The molecular weight excluding hydrogens is 248 g/mol. The summed E-state index contributed by atoms with van der Waals surface area (Å²) >= 11 is 5.90. The van der Waals surface area contributed by atoms with E-state index in [9.17, 15) is 4.79 Å². The van der Waals surface area contributed by atoms with Crippen LogP contribution in [0.1, 0.15) is 18.4 Å². The van der Waals surface area contributed by atoms with Crippen LogP contribution in [0.3, 0.4) is 0 Å². The Morgan fingerprint density at radius 3 is 2.67 bits per heavy atom. The van der Waals surface area contributed by atoms with Crippen molar-refractivity contribution in [2.45, 2.75) is 19.8 Å². The second-order valence-corrected chi connectivity index (χ2v) is 5.46. The first-order valence-electron chi connectivity index (χ1n) is 6.32. The third-order valence-electron chi connectivity index (χ3n) is 3.54. The number of rotatable bonds is 2. The number of carbonyl (C=O) groups excluding carboxylic acids is 1. The average molecular weight is 267 g/mol. The Bertz CT molecular complexity index is 439. The van der Waals surface area contributed by atoms with Gasteiger partial charge in [0.25, 0.3) is 0 Å². The molecule has 18 heavy (non-hydrogen) atoms. The quantitative estimate of drug-likeness (QED) is 0.893. The summed E-state index contributed by atoms with van der Waals surface area (Å²) in [5, 5.41) is 3.70. The Balaban J connectivity index is 1.98. The van der Waals surface area contributed by atoms with Crippen LogP contribution < -0.4 is 5.32 Å². The fraction of sp³-hybridized carbons (Fsp3) is 0.500. The molecule has 0 atom stereocenters. The minimum atomic E-state index is 0.133. The van der Waals surface area contributed by atoms with Crippen LogP contribution in [0, 0.1) is 12.8 Å². The van der Waals surface area contributed by atoms with Crippen LogP contribution in [0.25, 0.3) is 0 Å². The Morgan fingerprint density at radius 2 is 2.06 bits per heavy atom. The van der Waals surface area contributed by atoms with Crippen molar-refractivity contribution >= 4 is 23.2 Å². The summed E-state index contributed by atoms with van der Waals surface area (Å²) in [6.07, 6.45) is 1.88. The number of piperidine rings is 1. The highest BCUT2D eigenvalue weighted by Crippen LogP contribution is 2.22. The first-order valence-corrected chi connectivity index (χ1v) is 6.69. The van der Waals surface area contributed by atoms with Gasteiger partial charge in [-0.3, -0.25) is 4.79 Å². The van der Waals surface area contributed by atoms with E-state index in [2.05, 4.69) is 17.3 Å². The molecule has 1 aromatic carbocycles. The van der Waals surface area contributed by atoms with E-state index in [-0.39, 0.29) is 11.8 Å². The van der Waals surface area contributed by atoms with E-state index in [1.54, 1.807) is 6.07 Å². The number of likely N-dealkylation sites (tertiary alicyclic amines) is 1. The fourth-order valence-electron chi connectivity index (χ4n) is 2.27. The van der Waals surface area contributed by atoms with Crippen molar-refractivity contribution < 1.29 is 4.79 Å². The second kappa shape index (κ2) is 5.72. The predicted octanol–water partition coefficient (Wildman–Crippen LogP) is 2.93. The molecule has 1 saturated heterocycles. The van der Waals surface area contributed by atoms with Gasteiger partial charge in [-0.15, -0.1) is 0 Å². The molecule has 0 aromatic heterocycles. The molecule has 0 spiro atoms. The van der Waals surface area contributed by atoms with Gasteiger partial charge in [-0.05, 0) is 63.7 Å². The van der Waals surface area contributed by atoms with E-state index in [4.69, 9.17) is 11.6 Å². The van der Waals surface area contributed by atoms with Gasteiger partial charge >= 0.3 is 0 Å². The molecule has 1 aliphatic heterocycles. The van der Waals surface area contributed by atoms with E-state index >= 15 is 0 Å². The number of benzene rings is 1. The zero-order valence-corrected chi connectivity index (χ0v) is 11.6. The lowest BCUT2D eigenvalue weighted by atomic mass is 9.96. The van der Waals surface area contributed by atoms with Crippen molar-refractivity contribution in [3.8, 4) is 0 Å². The molecule has 4 heteroatoms. The van der Waals surface area contributed by atoms with E-state index in [0.29, 0.717) is 5.02 Å². The lowest BCUT2D eigenvalue weighted by Gasteiger charge is -2.28. The van der Waals surface area contributed by atoms with Crippen molar-refractivity contribution in [1.82, 2.24) is 4.90 Å². The zero-order chi connectivity index (χ0) is 13.1. The number of halogens is 1. The smallest absolute Gasteiger partial charge is 0.227 e. The molecule has 98 valence electrons. The van der Waals surface area contributed by atoms with Crippen LogP contribution in [0.4, 0.5) is 5.69 Å². The van der Waals surface area contributed by atoms with E-state index in [1.807, 2.05) is 19.1 Å². The number of aryl methyl sites for hydroxylation is 1. The summed E-state index contributed by atoms with van der Waals surface area (Å²) in [6, 6.07) is 5.54. The Labute approximate surface area is 113 Å². The Kier molecular flexibility index (Phi) is 4.25. The normalized spacial score (nSPS) is 17.7. The van der Waals surface area contributed by atoms with Gasteiger partial charge in [-0.1, -0.05) is 11.6 Å². The van der Waals surface area contributed by atoms with Crippen molar-refractivity contribution in [1.29, 1.82) is 0 Å². The van der Waals surface area contributed by atoms with E-state index < -0.39 is 0 Å². The molecule has 0 unspecified atom stereocenters. The van der Waals surface area contributed by atoms with Crippen LogP contribution >= 0.6 is 11.6 Å². The summed E-state index contributed by atoms with van der Waals surface area (Å²) in [4.78, 5) is 14.4. The van der Waals surface area contributed by atoms with Crippen molar-refractivity contribution in [3.05, 3.63) is 28.8 Å². The molecule has 0 radical (unpaired) electrons. The maximum absolute atomic E-state index is 12.1. The maximum Gasteiger partial charge on any atom is 0.227 e. The summed E-state index contributed by atoms with van der Waals surface area (Å²) in [5.74, 6) is 0.268. The molecule has 0 aliphatic carbocycles. The molecule has 1 amide bonds. The summed E-state index contributed by atoms with van der Waals surface area (Å²) in [6.45, 7) is 3.95. The summed E-state index contributed by atoms with van der Waals surface area (Å²) in [5.41, 5.74) is 1.87. The zero-order valence-electron chi connectivity index (χ0n) is 10.9. The lowest BCUT2D eigenvalue weighted by Crippen LogP contribution is -2.36. The maximum atomic E-state index is 12.1. The number of hydrogen-bond acceptors (Lipinski definition) is 2. The SMILES string of the molecule is Cc1cc(Cl)ccc1NC(=O)C1CCN(C)CC1. The van der Waals surface area contributed by atoms with Crippen molar-refractivity contribution in [3.63, 3.8) is 0 Å². The van der Waals surface area contributed by atoms with Crippen LogP contribution in [-0.4, -0.2) is 30.9 Å². The van der Waals surface area contributed by atoms with E-state index in [0.717, 1.165) is 37.2 Å². The molecule has 1 fully saturated rings. The molecular formula is C14H19ClN2O. The molecule has 1 N–H and O–H groups in total. The number of anilines is 1. The minimum Gasteiger partial charge on any atom is -0.326 e. The third-order valence-corrected chi connectivity index (χ3v) is 3.77. The highest BCUT2D eigenvalue weighted by Gasteiger charge is 2.23. The standard InChI is InChI=1S/C14H19ClN2O/c1-10-9-12(15)3-4-13(10)16-14(18)11-5-7-17(2)8-6-11/h3-4,9,11H,5-8H2,1-2H3,(H,16,18). The van der Waals surface area contributed by atoms with Gasteiger partial charge in [0.2, 0.25) is 5.91 Å². The number of amides is 1. The van der Waals surface area contributed by atoms with E-state index in [1.165, 1.54) is 0 Å². The monoisotopic (exact) mass is 266 g/mol. The second-order valence-electron chi connectivity index (χ2n) is 5.03. The van der Waals surface area contributed by atoms with Gasteiger partial charge in [-0.25, -0.2) is 0 Å². The number of hydrogen-bond donors (Lipinski definition) is 1. The third kappa shape index (κ3) is 3.24. The first-order chi connectivity index (χ1) is 8.56. The van der Waals surface area contributed by atoms with Gasteiger partial charge < -0.3 is 10.2 Å². The van der Waals surface area contributed by atoms with Crippen LogP contribution in [0.5, 0.6) is 0 Å². The van der Waals surface area contributed by atoms with Gasteiger partial charge in [-0.2, -0.15) is 0 Å². The topological polar surface area (TPSA) is 32.3 Å². The molecule has 3 nitrogen and oxygen atoms in total. The van der Waals surface area contributed by atoms with Crippen molar-refractivity contribution in [2.24, 2.45) is 5.92 Å². The largest absolute Gasteiger partial charge is 0.326 e. The van der Waals surface area contributed by atoms with Crippen molar-refractivity contribution in [2.75, 3.05) is 25.5 Å². The van der Waals surface area contributed by atoms with Gasteiger partial charge in [0.1, 0.15) is 0 Å². The molecule has 2 rings (SSSR count). The molecule has 0 saturated carbocycles. The first kappa shape index (κ1) is 13.4. The van der Waals surface area contributed by atoms with Crippen LogP contribution in [-0.2, 0) is 4.79 Å². The molecule has 1 aliphatic rings. The molecule has 1 heterocycles. The lowest BCUT2D eigenvalue weighted by molar-refractivity contribution is -0.121. The highest BCUT2D eigenvalue weighted by molar-refractivity contribution is 6.30. The average Bonchev–Trinajstić information content (AvgIpc) is 2.33. The number of carbonyl (C=O) groups is 1. The summed E-state index contributed by atoms with van der Waals surface area (Å²) < 4.78 is 0. The summed E-state index contributed by atoms with van der Waals surface area (Å²) in [7, 11) is 2.09. The molecule has 0 bridgehead atoms. The van der Waals surface area contributed by atoms with Crippen LogP contribution in [0.15, 0.2) is 18.2 Å². The number of nitrogens with zero attached hydrogens (tertiary/aromatic N) is 1. The molecule has 1 aromatic rings. The Morgan fingerprint density at radius 1 is 1.39 bits per heavy atom. The van der Waals surface area contributed by atoms with Crippen LogP contribution in [0.2, 0.25) is 5.02 Å². The predicted molar refractivity (Wildman–Crippen MR) is 75.0 cm³/mol. The Hall–Kier alpha value is -1.06.